The van der Waals surface area contributed by atoms with Crippen LogP contribution in [-0.4, -0.2) is 44.7 Å². The van der Waals surface area contributed by atoms with Gasteiger partial charge in [-0.25, -0.2) is 0 Å². The fourth-order valence-corrected chi connectivity index (χ4v) is 2.04. The summed E-state index contributed by atoms with van der Waals surface area (Å²) in [5, 5.41) is 18.9. The van der Waals surface area contributed by atoms with Crippen molar-refractivity contribution >= 4 is 0 Å². The van der Waals surface area contributed by atoms with E-state index in [4.69, 9.17) is 14.6 Å². The van der Waals surface area contributed by atoms with Crippen molar-refractivity contribution in [3.8, 4) is 6.01 Å². The zero-order valence-corrected chi connectivity index (χ0v) is 8.18. The van der Waals surface area contributed by atoms with Gasteiger partial charge < -0.3 is 19.7 Å². The van der Waals surface area contributed by atoms with Crippen molar-refractivity contribution in [3.63, 3.8) is 0 Å². The summed E-state index contributed by atoms with van der Waals surface area (Å²) in [6.45, 7) is -0.253. The van der Waals surface area contributed by atoms with Gasteiger partial charge in [-0.1, -0.05) is 0 Å². The summed E-state index contributed by atoms with van der Waals surface area (Å²) in [7, 11) is 0. The number of aliphatic hydroxyl groups is 2. The van der Waals surface area contributed by atoms with Crippen LogP contribution in [0, 0.1) is 0 Å². The number of fused-ring (bicyclic) bond motifs is 4. The van der Waals surface area contributed by atoms with Gasteiger partial charge in [0.05, 0.1) is 6.61 Å². The van der Waals surface area contributed by atoms with Crippen LogP contribution in [0.3, 0.4) is 0 Å². The van der Waals surface area contributed by atoms with E-state index >= 15 is 0 Å². The van der Waals surface area contributed by atoms with Crippen LogP contribution in [-0.2, 0) is 4.74 Å². The van der Waals surface area contributed by atoms with Crippen molar-refractivity contribution < 1.29 is 19.7 Å². The van der Waals surface area contributed by atoms with Gasteiger partial charge in [0.1, 0.15) is 12.2 Å². The number of nitrogens with zero attached hydrogens (tertiary/aromatic N) is 2. The van der Waals surface area contributed by atoms with Crippen LogP contribution in [0.1, 0.15) is 6.23 Å². The van der Waals surface area contributed by atoms with Gasteiger partial charge in [0, 0.05) is 12.3 Å². The lowest BCUT2D eigenvalue weighted by Gasteiger charge is -2.27. The second kappa shape index (κ2) is 3.27. The van der Waals surface area contributed by atoms with Gasteiger partial charge in [-0.2, -0.15) is 4.98 Å². The maximum atomic E-state index is 11.1. The minimum absolute atomic E-state index is 0.115. The van der Waals surface area contributed by atoms with Crippen LogP contribution in [0.4, 0.5) is 0 Å². The van der Waals surface area contributed by atoms with Crippen molar-refractivity contribution in [3.05, 3.63) is 22.6 Å². The average molecular weight is 226 g/mol. The molecule has 0 spiro atoms. The smallest absolute Gasteiger partial charge is 0.302 e. The monoisotopic (exact) mass is 226 g/mol. The molecule has 7 nitrogen and oxygen atoms in total. The summed E-state index contributed by atoms with van der Waals surface area (Å²) in [4.78, 5) is 14.7. The van der Waals surface area contributed by atoms with Crippen molar-refractivity contribution in [2.24, 2.45) is 0 Å². The standard InChI is InChI=1S/C9H10N2O5/c12-3-4-7-6(14)8(15-4)11-2-1-5(13)10-9(11)16-7/h1-2,4,6-8,12,14H,3H2. The van der Waals surface area contributed by atoms with Gasteiger partial charge in [0.2, 0.25) is 0 Å². The van der Waals surface area contributed by atoms with Crippen molar-refractivity contribution in [2.45, 2.75) is 24.5 Å². The Morgan fingerprint density at radius 3 is 3.12 bits per heavy atom. The van der Waals surface area contributed by atoms with E-state index in [9.17, 15) is 9.90 Å². The second-order valence-electron chi connectivity index (χ2n) is 3.78. The van der Waals surface area contributed by atoms with Gasteiger partial charge in [-0.3, -0.25) is 9.36 Å². The molecule has 3 heterocycles. The van der Waals surface area contributed by atoms with E-state index in [0.717, 1.165) is 0 Å². The Labute approximate surface area is 89.9 Å². The molecule has 4 unspecified atom stereocenters. The molecule has 0 saturated carbocycles. The first kappa shape index (κ1) is 9.76. The zero-order valence-electron chi connectivity index (χ0n) is 8.18. The molecule has 0 aliphatic carbocycles. The molecule has 1 fully saturated rings. The lowest BCUT2D eigenvalue weighted by atomic mass is 10.1. The first-order chi connectivity index (χ1) is 7.70. The predicted molar refractivity (Wildman–Crippen MR) is 49.9 cm³/mol. The molecule has 2 bridgehead atoms. The number of aromatic nitrogens is 2. The summed E-state index contributed by atoms with van der Waals surface area (Å²) in [5.74, 6) is 0. The number of hydrogen-bond acceptors (Lipinski definition) is 6. The minimum atomic E-state index is -0.867. The molecule has 7 heteroatoms. The molecule has 1 aromatic heterocycles. The first-order valence-corrected chi connectivity index (χ1v) is 4.91. The Morgan fingerprint density at radius 1 is 1.56 bits per heavy atom. The molecule has 4 atom stereocenters. The molecule has 0 amide bonds. The third-order valence-electron chi connectivity index (χ3n) is 2.81. The Kier molecular flexibility index (Phi) is 2.00. The Balaban J connectivity index is 2.07. The predicted octanol–water partition coefficient (Wildman–Crippen LogP) is -1.75. The van der Waals surface area contributed by atoms with E-state index in [1.165, 1.54) is 16.8 Å². The summed E-state index contributed by atoms with van der Waals surface area (Å²) < 4.78 is 12.2. The Hall–Kier alpha value is -1.44. The summed E-state index contributed by atoms with van der Waals surface area (Å²) in [6.07, 6.45) is -1.34. The highest BCUT2D eigenvalue weighted by atomic mass is 16.6. The highest BCUT2D eigenvalue weighted by molar-refractivity contribution is 5.10. The molecule has 86 valence electrons. The fraction of sp³-hybridized carbons (Fsp3) is 0.556. The van der Waals surface area contributed by atoms with Crippen LogP contribution in [0.2, 0.25) is 0 Å². The van der Waals surface area contributed by atoms with E-state index < -0.39 is 30.1 Å². The normalized spacial score (nSPS) is 35.6. The van der Waals surface area contributed by atoms with Gasteiger partial charge in [0.15, 0.2) is 12.3 Å². The van der Waals surface area contributed by atoms with E-state index in [1.54, 1.807) is 0 Å². The number of rotatable bonds is 1. The van der Waals surface area contributed by atoms with Gasteiger partial charge >= 0.3 is 6.01 Å². The SMILES string of the molecule is O=c1ccn2c(n1)OC1C(CO)OC2C1O. The van der Waals surface area contributed by atoms with Crippen molar-refractivity contribution in [1.29, 1.82) is 0 Å². The van der Waals surface area contributed by atoms with Crippen LogP contribution in [0.5, 0.6) is 6.01 Å². The van der Waals surface area contributed by atoms with E-state index in [2.05, 4.69) is 4.98 Å². The van der Waals surface area contributed by atoms with Crippen LogP contribution < -0.4 is 10.3 Å². The Bertz CT molecular complexity index is 473. The highest BCUT2D eigenvalue weighted by Crippen LogP contribution is 2.37. The van der Waals surface area contributed by atoms with Gasteiger partial charge in [0.25, 0.3) is 5.56 Å². The lowest BCUT2D eigenvalue weighted by Crippen LogP contribution is -2.43. The van der Waals surface area contributed by atoms with E-state index in [0.29, 0.717) is 0 Å². The molecule has 0 radical (unpaired) electrons. The van der Waals surface area contributed by atoms with Crippen LogP contribution in [0.15, 0.2) is 17.1 Å². The third-order valence-corrected chi connectivity index (χ3v) is 2.81. The summed E-state index contributed by atoms with van der Waals surface area (Å²) >= 11 is 0. The molecule has 2 N–H and O–H groups in total. The molecule has 0 aromatic carbocycles. The highest BCUT2D eigenvalue weighted by Gasteiger charge is 2.50. The molecule has 3 rings (SSSR count). The number of aliphatic hydroxyl groups excluding tert-OH is 2. The maximum absolute atomic E-state index is 11.1. The topological polar surface area (TPSA) is 93.8 Å². The molecular formula is C9H10N2O5. The minimum Gasteiger partial charge on any atom is -0.455 e. The number of ether oxygens (including phenoxy) is 2. The summed E-state index contributed by atoms with van der Waals surface area (Å²) in [6, 6.07) is 1.37. The number of hydrogen-bond donors (Lipinski definition) is 2. The Morgan fingerprint density at radius 2 is 2.38 bits per heavy atom. The van der Waals surface area contributed by atoms with Crippen LogP contribution in [0.25, 0.3) is 0 Å². The van der Waals surface area contributed by atoms with Gasteiger partial charge in [-0.15, -0.1) is 0 Å². The molecule has 2 aliphatic heterocycles. The lowest BCUT2D eigenvalue weighted by molar-refractivity contribution is -0.0548. The largest absolute Gasteiger partial charge is 0.455 e. The van der Waals surface area contributed by atoms with Crippen molar-refractivity contribution in [1.82, 2.24) is 9.55 Å². The molecule has 1 aromatic rings. The molecule has 16 heavy (non-hydrogen) atoms. The van der Waals surface area contributed by atoms with E-state index in [-0.39, 0.29) is 12.6 Å². The van der Waals surface area contributed by atoms with Gasteiger partial charge in [-0.05, 0) is 0 Å². The quantitative estimate of drug-likeness (QED) is 0.590. The first-order valence-electron chi connectivity index (χ1n) is 4.91. The second-order valence-corrected chi connectivity index (χ2v) is 3.78. The van der Waals surface area contributed by atoms with Crippen molar-refractivity contribution in [2.75, 3.05) is 6.61 Å². The molecule has 2 aliphatic rings. The van der Waals surface area contributed by atoms with E-state index in [1.807, 2.05) is 0 Å². The average Bonchev–Trinajstić information content (AvgIpc) is 2.49. The summed E-state index contributed by atoms with van der Waals surface area (Å²) in [5.41, 5.74) is -0.414. The zero-order chi connectivity index (χ0) is 11.3. The molecule has 1 saturated heterocycles. The third kappa shape index (κ3) is 1.19. The molecular weight excluding hydrogens is 216 g/mol. The maximum Gasteiger partial charge on any atom is 0.302 e. The fourth-order valence-electron chi connectivity index (χ4n) is 2.04. The van der Waals surface area contributed by atoms with Crippen LogP contribution >= 0.6 is 0 Å².